The molecule has 1 amide bonds. The van der Waals surface area contributed by atoms with Gasteiger partial charge in [-0.25, -0.2) is 8.42 Å². The lowest BCUT2D eigenvalue weighted by atomic mass is 9.84. The predicted octanol–water partition coefficient (Wildman–Crippen LogP) is 3.56. The Kier molecular flexibility index (Phi) is 6.35. The number of nitrogens with zero attached hydrogens (tertiary/aromatic N) is 1. The number of hydrogen-bond donors (Lipinski definition) is 1. The molecule has 6 heteroatoms. The second-order valence-corrected chi connectivity index (χ2v) is 9.53. The highest BCUT2D eigenvalue weighted by atomic mass is 32.2. The molecule has 0 bridgehead atoms. The molecule has 144 valence electrons. The van der Waals surface area contributed by atoms with E-state index in [4.69, 9.17) is 0 Å². The highest BCUT2D eigenvalue weighted by Crippen LogP contribution is 2.27. The molecule has 1 aliphatic heterocycles. The Morgan fingerprint density at radius 2 is 1.81 bits per heavy atom. The van der Waals surface area contributed by atoms with Gasteiger partial charge in [0.1, 0.15) is 0 Å². The number of amides is 1. The molecule has 1 saturated heterocycles. The second-order valence-electron chi connectivity index (χ2n) is 7.59. The maximum absolute atomic E-state index is 12.8. The molecule has 0 atom stereocenters. The summed E-state index contributed by atoms with van der Waals surface area (Å²) in [4.78, 5) is 12.8. The van der Waals surface area contributed by atoms with Crippen molar-refractivity contribution < 1.29 is 13.2 Å². The number of nitrogens with one attached hydrogen (secondary N) is 1. The van der Waals surface area contributed by atoms with Crippen molar-refractivity contribution in [1.29, 1.82) is 0 Å². The van der Waals surface area contributed by atoms with E-state index in [1.54, 1.807) is 22.5 Å². The molecular formula is C20H30N2O3S. The van der Waals surface area contributed by atoms with Gasteiger partial charge in [-0.3, -0.25) is 4.79 Å². The minimum Gasteiger partial charge on any atom is -0.349 e. The van der Waals surface area contributed by atoms with E-state index in [1.807, 2.05) is 0 Å². The van der Waals surface area contributed by atoms with Crippen molar-refractivity contribution >= 4 is 15.9 Å². The van der Waals surface area contributed by atoms with Gasteiger partial charge in [-0.2, -0.15) is 4.31 Å². The summed E-state index contributed by atoms with van der Waals surface area (Å²) in [5, 5.41) is 3.09. The molecule has 0 aromatic heterocycles. The Labute approximate surface area is 157 Å². The zero-order valence-corrected chi connectivity index (χ0v) is 16.4. The zero-order valence-electron chi connectivity index (χ0n) is 15.6. The lowest BCUT2D eigenvalue weighted by molar-refractivity contribution is 0.0921. The summed E-state index contributed by atoms with van der Waals surface area (Å²) in [6, 6.07) is 6.68. The van der Waals surface area contributed by atoms with Crippen LogP contribution in [0.25, 0.3) is 0 Å². The summed E-state index contributed by atoms with van der Waals surface area (Å²) in [5.41, 5.74) is 0.431. The quantitative estimate of drug-likeness (QED) is 0.852. The van der Waals surface area contributed by atoms with Gasteiger partial charge >= 0.3 is 0 Å². The fourth-order valence-corrected chi connectivity index (χ4v) is 5.60. The third-order valence-electron chi connectivity index (χ3n) is 5.81. The van der Waals surface area contributed by atoms with Crippen molar-refractivity contribution in [3.05, 3.63) is 29.8 Å². The molecule has 5 nitrogen and oxygen atoms in total. The van der Waals surface area contributed by atoms with Crippen LogP contribution in [0.5, 0.6) is 0 Å². The van der Waals surface area contributed by atoms with Crippen molar-refractivity contribution in [3.63, 3.8) is 0 Å². The highest BCUT2D eigenvalue weighted by Gasteiger charge is 2.27. The van der Waals surface area contributed by atoms with Gasteiger partial charge in [0.2, 0.25) is 10.0 Å². The van der Waals surface area contributed by atoms with Crippen LogP contribution in [0.3, 0.4) is 0 Å². The SMILES string of the molecule is CCC1CCC(NC(=O)c2cccc(S(=O)(=O)N3CCCCC3)c2)CC1. The third-order valence-corrected chi connectivity index (χ3v) is 7.70. The van der Waals surface area contributed by atoms with Crippen LogP contribution in [0.2, 0.25) is 0 Å². The second kappa shape index (κ2) is 8.53. The fraction of sp³-hybridized carbons (Fsp3) is 0.650. The topological polar surface area (TPSA) is 66.5 Å². The lowest BCUT2D eigenvalue weighted by Crippen LogP contribution is -2.38. The summed E-state index contributed by atoms with van der Waals surface area (Å²) in [6.07, 6.45) is 8.42. The van der Waals surface area contributed by atoms with Crippen molar-refractivity contribution in [2.24, 2.45) is 5.92 Å². The minimum absolute atomic E-state index is 0.166. The number of sulfonamides is 1. The number of piperidine rings is 1. The van der Waals surface area contributed by atoms with Crippen molar-refractivity contribution in [3.8, 4) is 0 Å². The molecule has 0 unspecified atom stereocenters. The van der Waals surface area contributed by atoms with E-state index in [1.165, 1.54) is 12.5 Å². The zero-order chi connectivity index (χ0) is 18.6. The minimum atomic E-state index is -3.51. The van der Waals surface area contributed by atoms with Gasteiger partial charge < -0.3 is 5.32 Å². The molecule has 1 aromatic rings. The van der Waals surface area contributed by atoms with Crippen LogP contribution >= 0.6 is 0 Å². The molecule has 1 saturated carbocycles. The molecule has 26 heavy (non-hydrogen) atoms. The van der Waals surface area contributed by atoms with Crippen LogP contribution < -0.4 is 5.32 Å². The van der Waals surface area contributed by atoms with Gasteiger partial charge in [-0.1, -0.05) is 25.8 Å². The Bertz CT molecular complexity index is 718. The van der Waals surface area contributed by atoms with Gasteiger partial charge in [0.15, 0.2) is 0 Å². The Morgan fingerprint density at radius 3 is 2.46 bits per heavy atom. The first kappa shape index (κ1) is 19.4. The van der Waals surface area contributed by atoms with Crippen LogP contribution in [-0.2, 0) is 10.0 Å². The van der Waals surface area contributed by atoms with Crippen LogP contribution in [0.4, 0.5) is 0 Å². The first-order valence-corrected chi connectivity index (χ1v) is 11.4. The Balaban J connectivity index is 1.67. The van der Waals surface area contributed by atoms with Gasteiger partial charge in [0.05, 0.1) is 4.90 Å². The summed E-state index contributed by atoms with van der Waals surface area (Å²) in [5.74, 6) is 0.613. The van der Waals surface area contributed by atoms with E-state index in [-0.39, 0.29) is 16.8 Å². The average molecular weight is 379 g/mol. The van der Waals surface area contributed by atoms with E-state index in [0.29, 0.717) is 18.7 Å². The first-order valence-electron chi connectivity index (χ1n) is 9.92. The van der Waals surface area contributed by atoms with Crippen molar-refractivity contribution in [1.82, 2.24) is 9.62 Å². The number of carbonyl (C=O) groups excluding carboxylic acids is 1. The van der Waals surface area contributed by atoms with E-state index >= 15 is 0 Å². The summed E-state index contributed by atoms with van der Waals surface area (Å²) in [6.45, 7) is 3.36. The third kappa shape index (κ3) is 4.46. The summed E-state index contributed by atoms with van der Waals surface area (Å²) >= 11 is 0. The van der Waals surface area contributed by atoms with Crippen molar-refractivity contribution in [2.75, 3.05) is 13.1 Å². The molecule has 1 aliphatic carbocycles. The standard InChI is InChI=1S/C20H30N2O3S/c1-2-16-9-11-18(12-10-16)21-20(23)17-7-6-8-19(15-17)26(24,25)22-13-4-3-5-14-22/h6-8,15-16,18H,2-5,9-14H2,1H3,(H,21,23). The van der Waals surface area contributed by atoms with Crippen LogP contribution in [0.15, 0.2) is 29.2 Å². The van der Waals surface area contributed by atoms with E-state index in [0.717, 1.165) is 50.9 Å². The van der Waals surface area contributed by atoms with Crippen LogP contribution in [-0.4, -0.2) is 37.8 Å². The van der Waals surface area contributed by atoms with E-state index < -0.39 is 10.0 Å². The molecule has 2 fully saturated rings. The maximum Gasteiger partial charge on any atom is 0.251 e. The van der Waals surface area contributed by atoms with Crippen LogP contribution in [0, 0.1) is 5.92 Å². The molecule has 3 rings (SSSR count). The highest BCUT2D eigenvalue weighted by molar-refractivity contribution is 7.89. The average Bonchev–Trinajstić information content (AvgIpc) is 2.69. The normalized spacial score (nSPS) is 25.0. The van der Waals surface area contributed by atoms with E-state index in [9.17, 15) is 13.2 Å². The van der Waals surface area contributed by atoms with Crippen molar-refractivity contribution in [2.45, 2.75) is 69.2 Å². The first-order chi connectivity index (χ1) is 12.5. The molecule has 2 aliphatic rings. The summed E-state index contributed by atoms with van der Waals surface area (Å²) in [7, 11) is -3.51. The Hall–Kier alpha value is -1.40. The molecule has 1 aromatic carbocycles. The predicted molar refractivity (Wildman–Crippen MR) is 103 cm³/mol. The number of benzene rings is 1. The fourth-order valence-electron chi connectivity index (χ4n) is 4.04. The largest absolute Gasteiger partial charge is 0.349 e. The Morgan fingerprint density at radius 1 is 1.12 bits per heavy atom. The van der Waals surface area contributed by atoms with Crippen LogP contribution in [0.1, 0.15) is 68.6 Å². The number of rotatable bonds is 5. The molecular weight excluding hydrogens is 348 g/mol. The smallest absolute Gasteiger partial charge is 0.251 e. The number of carbonyl (C=O) groups is 1. The van der Waals surface area contributed by atoms with Gasteiger partial charge in [0, 0.05) is 24.7 Å². The van der Waals surface area contributed by atoms with E-state index in [2.05, 4.69) is 12.2 Å². The number of hydrogen-bond acceptors (Lipinski definition) is 3. The van der Waals surface area contributed by atoms with Gasteiger partial charge in [0.25, 0.3) is 5.91 Å². The van der Waals surface area contributed by atoms with Gasteiger partial charge in [-0.05, 0) is 62.6 Å². The maximum atomic E-state index is 12.8. The monoisotopic (exact) mass is 378 g/mol. The molecule has 0 radical (unpaired) electrons. The molecule has 1 N–H and O–H groups in total. The molecule has 1 heterocycles. The molecule has 0 spiro atoms. The summed E-state index contributed by atoms with van der Waals surface area (Å²) < 4.78 is 27.2. The lowest BCUT2D eigenvalue weighted by Gasteiger charge is -2.28. The van der Waals surface area contributed by atoms with Gasteiger partial charge in [-0.15, -0.1) is 0 Å².